The van der Waals surface area contributed by atoms with Crippen LogP contribution >= 0.6 is 0 Å². The molecule has 120 valence electrons. The Labute approximate surface area is 134 Å². The number of rotatable bonds is 5. The summed E-state index contributed by atoms with van der Waals surface area (Å²) in [5, 5.41) is 10.1. The van der Waals surface area contributed by atoms with Gasteiger partial charge in [0.15, 0.2) is 0 Å². The number of cyclic esters (lactones) is 1. The van der Waals surface area contributed by atoms with E-state index in [9.17, 15) is 14.3 Å². The van der Waals surface area contributed by atoms with E-state index in [2.05, 4.69) is 0 Å². The summed E-state index contributed by atoms with van der Waals surface area (Å²) in [6.45, 7) is 0.471. The molecule has 1 aliphatic heterocycles. The molecule has 1 fully saturated rings. The van der Waals surface area contributed by atoms with E-state index in [1.807, 2.05) is 30.3 Å². The molecule has 23 heavy (non-hydrogen) atoms. The molecule has 1 heterocycles. The van der Waals surface area contributed by atoms with Gasteiger partial charge in [-0.2, -0.15) is 0 Å². The van der Waals surface area contributed by atoms with Gasteiger partial charge in [0.2, 0.25) is 0 Å². The second kappa shape index (κ2) is 6.79. The van der Waals surface area contributed by atoms with Crippen molar-refractivity contribution in [1.82, 2.24) is 0 Å². The Morgan fingerprint density at radius 1 is 1.17 bits per heavy atom. The number of aliphatic hydroxyl groups excluding tert-OH is 1. The van der Waals surface area contributed by atoms with Crippen LogP contribution in [0.3, 0.4) is 0 Å². The number of ether oxygens (including phenoxy) is 1. The highest BCUT2D eigenvalue weighted by Crippen LogP contribution is 2.26. The second-order valence-electron chi connectivity index (χ2n) is 5.60. The highest BCUT2D eigenvalue weighted by molar-refractivity contribution is 5.89. The van der Waals surface area contributed by atoms with E-state index in [0.717, 1.165) is 5.69 Å². The van der Waals surface area contributed by atoms with Crippen LogP contribution in [0.25, 0.3) is 0 Å². The minimum absolute atomic E-state index is 0.252. The fraction of sp³-hybridized carbons (Fsp3) is 0.278. The number of hydrogen-bond donors (Lipinski definition) is 1. The van der Waals surface area contributed by atoms with Crippen molar-refractivity contribution in [2.45, 2.75) is 25.0 Å². The quantitative estimate of drug-likeness (QED) is 0.916. The standard InChI is InChI=1S/C18H18FNO3/c19-14-8-6-13(7-9-14)17(21)11-10-16-12-20(18(22)23-16)15-4-2-1-3-5-15/h1-9,16-17,21H,10-12H2. The van der Waals surface area contributed by atoms with Gasteiger partial charge in [-0.3, -0.25) is 4.90 Å². The summed E-state index contributed by atoms with van der Waals surface area (Å²) in [7, 11) is 0. The zero-order valence-corrected chi connectivity index (χ0v) is 12.6. The number of aliphatic hydroxyl groups is 1. The summed E-state index contributed by atoms with van der Waals surface area (Å²) in [6.07, 6.45) is -0.310. The smallest absolute Gasteiger partial charge is 0.414 e. The average molecular weight is 315 g/mol. The van der Waals surface area contributed by atoms with Gasteiger partial charge in [0.1, 0.15) is 11.9 Å². The molecule has 0 radical (unpaired) electrons. The maximum atomic E-state index is 12.9. The molecule has 2 unspecified atom stereocenters. The lowest BCUT2D eigenvalue weighted by Gasteiger charge is -2.14. The van der Waals surface area contributed by atoms with Crippen LogP contribution in [0, 0.1) is 5.82 Å². The Hall–Kier alpha value is -2.40. The molecular weight excluding hydrogens is 297 g/mol. The first-order chi connectivity index (χ1) is 11.1. The van der Waals surface area contributed by atoms with E-state index in [1.165, 1.54) is 12.1 Å². The van der Waals surface area contributed by atoms with Crippen molar-refractivity contribution >= 4 is 11.8 Å². The monoisotopic (exact) mass is 315 g/mol. The summed E-state index contributed by atoms with van der Waals surface area (Å²) in [6, 6.07) is 15.1. The zero-order valence-electron chi connectivity index (χ0n) is 12.6. The molecular formula is C18H18FNO3. The van der Waals surface area contributed by atoms with Crippen LogP contribution in [-0.4, -0.2) is 23.8 Å². The molecule has 4 nitrogen and oxygen atoms in total. The molecule has 1 aliphatic rings. The van der Waals surface area contributed by atoms with Crippen molar-refractivity contribution in [1.29, 1.82) is 0 Å². The van der Waals surface area contributed by atoms with E-state index in [0.29, 0.717) is 24.9 Å². The number of carbonyl (C=O) groups is 1. The van der Waals surface area contributed by atoms with E-state index < -0.39 is 6.10 Å². The molecule has 5 heteroatoms. The van der Waals surface area contributed by atoms with Crippen LogP contribution in [-0.2, 0) is 4.74 Å². The van der Waals surface area contributed by atoms with Crippen LogP contribution < -0.4 is 4.90 Å². The van der Waals surface area contributed by atoms with E-state index >= 15 is 0 Å². The molecule has 0 aliphatic carbocycles. The number of anilines is 1. The van der Waals surface area contributed by atoms with Crippen molar-refractivity contribution in [3.8, 4) is 0 Å². The minimum atomic E-state index is -0.694. The van der Waals surface area contributed by atoms with Crippen LogP contribution in [0.5, 0.6) is 0 Å². The Balaban J connectivity index is 1.55. The van der Waals surface area contributed by atoms with Gasteiger partial charge in [-0.25, -0.2) is 9.18 Å². The van der Waals surface area contributed by atoms with Gasteiger partial charge in [0, 0.05) is 5.69 Å². The first-order valence-electron chi connectivity index (χ1n) is 7.60. The molecule has 2 atom stereocenters. The lowest BCUT2D eigenvalue weighted by Crippen LogP contribution is -2.24. The molecule has 2 aromatic rings. The molecule has 0 bridgehead atoms. The highest BCUT2D eigenvalue weighted by Gasteiger charge is 2.32. The number of para-hydroxylation sites is 1. The van der Waals surface area contributed by atoms with Crippen molar-refractivity contribution in [2.75, 3.05) is 11.4 Å². The van der Waals surface area contributed by atoms with Crippen LogP contribution in [0.1, 0.15) is 24.5 Å². The molecule has 0 saturated carbocycles. The second-order valence-corrected chi connectivity index (χ2v) is 5.60. The molecule has 3 rings (SSSR count). The van der Waals surface area contributed by atoms with E-state index in [-0.39, 0.29) is 18.0 Å². The van der Waals surface area contributed by atoms with Crippen molar-refractivity contribution < 1.29 is 19.0 Å². The highest BCUT2D eigenvalue weighted by atomic mass is 19.1. The van der Waals surface area contributed by atoms with E-state index in [4.69, 9.17) is 4.74 Å². The van der Waals surface area contributed by atoms with Gasteiger partial charge in [-0.1, -0.05) is 30.3 Å². The predicted molar refractivity (Wildman–Crippen MR) is 84.7 cm³/mol. The number of hydrogen-bond acceptors (Lipinski definition) is 3. The minimum Gasteiger partial charge on any atom is -0.444 e. The van der Waals surface area contributed by atoms with Gasteiger partial charge in [0.05, 0.1) is 12.6 Å². The van der Waals surface area contributed by atoms with Crippen molar-refractivity contribution in [2.24, 2.45) is 0 Å². The Morgan fingerprint density at radius 3 is 2.57 bits per heavy atom. The van der Waals surface area contributed by atoms with Gasteiger partial charge in [-0.15, -0.1) is 0 Å². The number of carbonyl (C=O) groups excluding carboxylic acids is 1. The van der Waals surface area contributed by atoms with Crippen molar-refractivity contribution in [3.63, 3.8) is 0 Å². The van der Waals surface area contributed by atoms with Crippen LogP contribution in [0.2, 0.25) is 0 Å². The van der Waals surface area contributed by atoms with Gasteiger partial charge in [-0.05, 0) is 42.7 Å². The first kappa shape index (κ1) is 15.5. The largest absolute Gasteiger partial charge is 0.444 e. The Morgan fingerprint density at radius 2 is 1.87 bits per heavy atom. The summed E-state index contributed by atoms with van der Waals surface area (Å²) in [4.78, 5) is 13.5. The lowest BCUT2D eigenvalue weighted by molar-refractivity contribution is 0.110. The molecule has 2 aromatic carbocycles. The predicted octanol–water partition coefficient (Wildman–Crippen LogP) is 3.66. The topological polar surface area (TPSA) is 49.8 Å². The summed E-state index contributed by atoms with van der Waals surface area (Å²) in [5.41, 5.74) is 1.47. The SMILES string of the molecule is O=C1OC(CCC(O)c2ccc(F)cc2)CN1c1ccccc1. The third-order valence-electron chi connectivity index (χ3n) is 3.96. The lowest BCUT2D eigenvalue weighted by atomic mass is 10.0. The Kier molecular flexibility index (Phi) is 4.57. The van der Waals surface area contributed by atoms with Gasteiger partial charge in [0.25, 0.3) is 0 Å². The molecule has 1 N–H and O–H groups in total. The normalized spacial score (nSPS) is 18.8. The average Bonchev–Trinajstić information content (AvgIpc) is 2.95. The summed E-state index contributed by atoms with van der Waals surface area (Å²) >= 11 is 0. The fourth-order valence-corrected chi connectivity index (χ4v) is 2.69. The number of amides is 1. The van der Waals surface area contributed by atoms with Crippen molar-refractivity contribution in [3.05, 3.63) is 66.0 Å². The van der Waals surface area contributed by atoms with Crippen LogP contribution in [0.15, 0.2) is 54.6 Å². The maximum Gasteiger partial charge on any atom is 0.414 e. The summed E-state index contributed by atoms with van der Waals surface area (Å²) < 4.78 is 18.2. The fourth-order valence-electron chi connectivity index (χ4n) is 2.69. The first-order valence-corrected chi connectivity index (χ1v) is 7.60. The zero-order chi connectivity index (χ0) is 16.2. The maximum absolute atomic E-state index is 12.9. The van der Waals surface area contributed by atoms with Gasteiger partial charge >= 0.3 is 6.09 Å². The summed E-state index contributed by atoms with van der Waals surface area (Å²) in [5.74, 6) is -0.329. The third-order valence-corrected chi connectivity index (χ3v) is 3.96. The van der Waals surface area contributed by atoms with E-state index in [1.54, 1.807) is 17.0 Å². The molecule has 0 spiro atoms. The third kappa shape index (κ3) is 3.68. The van der Waals surface area contributed by atoms with Gasteiger partial charge < -0.3 is 9.84 Å². The molecule has 1 saturated heterocycles. The number of nitrogens with zero attached hydrogens (tertiary/aromatic N) is 1. The number of benzene rings is 2. The number of halogens is 1. The van der Waals surface area contributed by atoms with Crippen LogP contribution in [0.4, 0.5) is 14.9 Å². The molecule has 1 amide bonds. The molecule has 0 aromatic heterocycles. The Bertz CT molecular complexity index is 660.